The summed E-state index contributed by atoms with van der Waals surface area (Å²) in [4.78, 5) is 35.9. The molecule has 178 valence electrons. The molecule has 4 rings (SSSR count). The molecule has 1 aromatic carbocycles. The summed E-state index contributed by atoms with van der Waals surface area (Å²) in [5.74, 6) is -4.95. The highest BCUT2D eigenvalue weighted by Gasteiger charge is 2.42. The van der Waals surface area contributed by atoms with Crippen LogP contribution in [-0.4, -0.2) is 42.8 Å². The van der Waals surface area contributed by atoms with Gasteiger partial charge < -0.3 is 10.1 Å². The van der Waals surface area contributed by atoms with Crippen LogP contribution in [0.1, 0.15) is 15.9 Å². The fourth-order valence-electron chi connectivity index (χ4n) is 2.86. The number of alkyl halides is 3. The number of carbonyl (C=O) groups excluding carboxylic acids is 2. The van der Waals surface area contributed by atoms with Gasteiger partial charge in [0.15, 0.2) is 0 Å². The van der Waals surface area contributed by atoms with Crippen molar-refractivity contribution in [3.63, 3.8) is 0 Å². The van der Waals surface area contributed by atoms with E-state index < -0.39 is 35.3 Å². The first-order valence-corrected chi connectivity index (χ1v) is 9.86. The maximum absolute atomic E-state index is 13.4. The molecule has 35 heavy (non-hydrogen) atoms. The zero-order valence-corrected chi connectivity index (χ0v) is 17.5. The fraction of sp³-hybridized carbons (Fsp3) is 0.0909. The Morgan fingerprint density at radius 2 is 1.89 bits per heavy atom. The number of carbonyl (C=O) groups is 2. The number of rotatable bonds is 6. The van der Waals surface area contributed by atoms with Crippen molar-refractivity contribution in [3.05, 3.63) is 84.2 Å². The third kappa shape index (κ3) is 5.63. The molecule has 0 unspecified atom stereocenters. The number of hydrogen-bond donors (Lipinski definition) is 1. The quantitative estimate of drug-likeness (QED) is 0.329. The van der Waals surface area contributed by atoms with Crippen LogP contribution in [-0.2, 0) is 11.3 Å². The Balaban J connectivity index is 1.51. The summed E-state index contributed by atoms with van der Waals surface area (Å²) in [5, 5.41) is 6.32. The fourth-order valence-corrected chi connectivity index (χ4v) is 2.86. The molecule has 3 aromatic heterocycles. The number of benzene rings is 1. The third-order valence-corrected chi connectivity index (χ3v) is 4.51. The summed E-state index contributed by atoms with van der Waals surface area (Å²) in [6.07, 6.45) is -0.157. The molecular weight excluding hydrogens is 472 g/mol. The average Bonchev–Trinajstić information content (AvgIpc) is 3.37. The van der Waals surface area contributed by atoms with Crippen LogP contribution in [0.15, 0.2) is 67.3 Å². The van der Waals surface area contributed by atoms with Gasteiger partial charge in [-0.3, -0.25) is 9.78 Å². The summed E-state index contributed by atoms with van der Waals surface area (Å²) in [6, 6.07) is 10.6. The monoisotopic (exact) mass is 486 g/mol. The van der Waals surface area contributed by atoms with E-state index in [1.807, 2.05) is 0 Å². The SMILES string of the molecule is O=C(NCc1ccc(-c2cccc(F)c2)nc1)c1cnc(-n2cccn2)nc1OC(=O)C(F)(F)F. The topological polar surface area (TPSA) is 112 Å². The second kappa shape index (κ2) is 9.67. The van der Waals surface area contributed by atoms with Gasteiger partial charge in [0, 0.05) is 36.9 Å². The molecule has 0 saturated heterocycles. The Morgan fingerprint density at radius 3 is 2.54 bits per heavy atom. The van der Waals surface area contributed by atoms with E-state index in [-0.39, 0.29) is 12.5 Å². The van der Waals surface area contributed by atoms with Crippen molar-refractivity contribution in [3.8, 4) is 23.1 Å². The standard InChI is InChI=1S/C22H14F4N6O3/c23-15-4-1-3-14(9-15)17-6-5-13(10-27-17)11-28-18(33)16-12-29-21(32-8-2-7-30-32)31-19(16)35-20(34)22(24,25)26/h1-10,12H,11H2,(H,28,33). The molecule has 9 nitrogen and oxygen atoms in total. The van der Waals surface area contributed by atoms with Crippen LogP contribution in [0.4, 0.5) is 17.6 Å². The van der Waals surface area contributed by atoms with E-state index in [1.54, 1.807) is 24.3 Å². The van der Waals surface area contributed by atoms with Crippen molar-refractivity contribution < 1.29 is 31.9 Å². The van der Waals surface area contributed by atoms with Crippen LogP contribution in [0.2, 0.25) is 0 Å². The first-order chi connectivity index (χ1) is 16.7. The molecule has 1 amide bonds. The summed E-state index contributed by atoms with van der Waals surface area (Å²) in [7, 11) is 0. The molecule has 0 bridgehead atoms. The Bertz CT molecular complexity index is 1360. The molecule has 0 saturated carbocycles. The van der Waals surface area contributed by atoms with Gasteiger partial charge in [-0.15, -0.1) is 0 Å². The van der Waals surface area contributed by atoms with Crippen LogP contribution in [0.25, 0.3) is 17.2 Å². The van der Waals surface area contributed by atoms with E-state index in [1.165, 1.54) is 36.8 Å². The van der Waals surface area contributed by atoms with Crippen molar-refractivity contribution in [2.45, 2.75) is 12.7 Å². The lowest BCUT2D eigenvalue weighted by atomic mass is 10.1. The molecule has 4 aromatic rings. The van der Waals surface area contributed by atoms with Crippen LogP contribution in [0.3, 0.4) is 0 Å². The average molecular weight is 486 g/mol. The largest absolute Gasteiger partial charge is 0.491 e. The van der Waals surface area contributed by atoms with Crippen molar-refractivity contribution >= 4 is 11.9 Å². The van der Waals surface area contributed by atoms with Crippen molar-refractivity contribution in [2.24, 2.45) is 0 Å². The van der Waals surface area contributed by atoms with Gasteiger partial charge in [0.05, 0.1) is 5.69 Å². The second-order valence-electron chi connectivity index (χ2n) is 6.97. The Kier molecular flexibility index (Phi) is 6.48. The zero-order valence-electron chi connectivity index (χ0n) is 17.5. The van der Waals surface area contributed by atoms with Crippen LogP contribution < -0.4 is 10.1 Å². The first-order valence-electron chi connectivity index (χ1n) is 9.86. The number of esters is 1. The summed E-state index contributed by atoms with van der Waals surface area (Å²) < 4.78 is 57.0. The molecular formula is C22H14F4N6O3. The van der Waals surface area contributed by atoms with Gasteiger partial charge in [0.1, 0.15) is 11.4 Å². The van der Waals surface area contributed by atoms with E-state index in [9.17, 15) is 27.2 Å². The number of ether oxygens (including phenoxy) is 1. The van der Waals surface area contributed by atoms with Crippen LogP contribution in [0, 0.1) is 5.82 Å². The van der Waals surface area contributed by atoms with E-state index in [0.717, 1.165) is 10.9 Å². The van der Waals surface area contributed by atoms with Gasteiger partial charge in [-0.25, -0.2) is 18.9 Å². The zero-order chi connectivity index (χ0) is 25.0. The van der Waals surface area contributed by atoms with Crippen molar-refractivity contribution in [1.82, 2.24) is 30.0 Å². The second-order valence-corrected chi connectivity index (χ2v) is 6.97. The highest BCUT2D eigenvalue weighted by Crippen LogP contribution is 2.23. The maximum atomic E-state index is 13.4. The highest BCUT2D eigenvalue weighted by atomic mass is 19.4. The molecule has 0 aliphatic rings. The Hall–Kier alpha value is -4.68. The van der Waals surface area contributed by atoms with Gasteiger partial charge in [-0.05, 0) is 29.8 Å². The summed E-state index contributed by atoms with van der Waals surface area (Å²) >= 11 is 0. The van der Waals surface area contributed by atoms with Gasteiger partial charge in [-0.1, -0.05) is 18.2 Å². The van der Waals surface area contributed by atoms with E-state index in [2.05, 4.69) is 30.1 Å². The molecule has 1 N–H and O–H groups in total. The number of halogens is 4. The molecule has 0 atom stereocenters. The molecule has 0 aliphatic heterocycles. The predicted molar refractivity (Wildman–Crippen MR) is 112 cm³/mol. The Morgan fingerprint density at radius 1 is 1.06 bits per heavy atom. The molecule has 3 heterocycles. The van der Waals surface area contributed by atoms with E-state index >= 15 is 0 Å². The Labute approximate surface area is 194 Å². The normalized spacial score (nSPS) is 11.2. The van der Waals surface area contributed by atoms with E-state index in [4.69, 9.17) is 0 Å². The van der Waals surface area contributed by atoms with Crippen molar-refractivity contribution in [2.75, 3.05) is 0 Å². The molecule has 0 spiro atoms. The summed E-state index contributed by atoms with van der Waals surface area (Å²) in [6.45, 7) is -0.0666. The van der Waals surface area contributed by atoms with Gasteiger partial charge in [0.25, 0.3) is 11.9 Å². The first kappa shape index (κ1) is 23.5. The van der Waals surface area contributed by atoms with Crippen LogP contribution in [0.5, 0.6) is 5.88 Å². The molecule has 13 heteroatoms. The summed E-state index contributed by atoms with van der Waals surface area (Å²) in [5.41, 5.74) is 1.11. The third-order valence-electron chi connectivity index (χ3n) is 4.51. The lowest BCUT2D eigenvalue weighted by molar-refractivity contribution is -0.190. The minimum absolute atomic E-state index is 0.0666. The van der Waals surface area contributed by atoms with Crippen molar-refractivity contribution in [1.29, 1.82) is 0 Å². The molecule has 0 radical (unpaired) electrons. The number of pyridine rings is 1. The highest BCUT2D eigenvalue weighted by molar-refractivity contribution is 5.97. The van der Waals surface area contributed by atoms with Gasteiger partial charge in [-0.2, -0.15) is 23.3 Å². The van der Waals surface area contributed by atoms with Crippen LogP contribution >= 0.6 is 0 Å². The van der Waals surface area contributed by atoms with Gasteiger partial charge >= 0.3 is 12.1 Å². The molecule has 0 aliphatic carbocycles. The van der Waals surface area contributed by atoms with E-state index in [0.29, 0.717) is 16.8 Å². The lowest BCUT2D eigenvalue weighted by Gasteiger charge is -2.12. The lowest BCUT2D eigenvalue weighted by Crippen LogP contribution is -2.30. The number of aromatic nitrogens is 5. The maximum Gasteiger partial charge on any atom is 0.491 e. The number of amides is 1. The molecule has 0 fully saturated rings. The minimum atomic E-state index is -5.31. The van der Waals surface area contributed by atoms with Gasteiger partial charge in [0.2, 0.25) is 5.88 Å². The number of nitrogens with zero attached hydrogens (tertiary/aromatic N) is 5. The predicted octanol–water partition coefficient (Wildman–Crippen LogP) is 3.26. The number of hydrogen-bond acceptors (Lipinski definition) is 7. The number of nitrogens with one attached hydrogen (secondary N) is 1. The minimum Gasteiger partial charge on any atom is -0.400 e. The smallest absolute Gasteiger partial charge is 0.400 e.